The van der Waals surface area contributed by atoms with E-state index in [4.69, 9.17) is 14.6 Å². The zero-order valence-electron chi connectivity index (χ0n) is 8.33. The highest BCUT2D eigenvalue weighted by molar-refractivity contribution is 5.45. The molecule has 0 aliphatic carbocycles. The van der Waals surface area contributed by atoms with E-state index < -0.39 is 18.7 Å². The number of pyridine rings is 1. The molecule has 6 heteroatoms. The zero-order chi connectivity index (χ0) is 11.4. The first-order valence-corrected chi connectivity index (χ1v) is 4.14. The Morgan fingerprint density at radius 3 is 2.47 bits per heavy atom. The summed E-state index contributed by atoms with van der Waals surface area (Å²) in [6.45, 7) is -0.430. The van der Waals surface area contributed by atoms with Crippen LogP contribution in [0.2, 0.25) is 0 Å². The minimum Gasteiger partial charge on any atom is -0.493 e. The Labute approximate surface area is 85.5 Å². The van der Waals surface area contributed by atoms with Gasteiger partial charge in [0, 0.05) is 6.07 Å². The molecular formula is C9H11F2NO3. The van der Waals surface area contributed by atoms with Crippen LogP contribution in [0.15, 0.2) is 6.07 Å². The van der Waals surface area contributed by atoms with Crippen molar-refractivity contribution in [3.63, 3.8) is 0 Å². The molecule has 0 bridgehead atoms. The van der Waals surface area contributed by atoms with Crippen molar-refractivity contribution in [2.24, 2.45) is 0 Å². The number of methoxy groups -OCH3 is 2. The molecule has 0 spiro atoms. The van der Waals surface area contributed by atoms with Gasteiger partial charge in [-0.3, -0.25) is 0 Å². The minimum absolute atomic E-state index is 0.107. The highest BCUT2D eigenvalue weighted by Gasteiger charge is 2.21. The lowest BCUT2D eigenvalue weighted by atomic mass is 10.2. The normalized spacial score (nSPS) is 10.5. The average Bonchev–Trinajstić information content (AvgIpc) is 2.26. The predicted molar refractivity (Wildman–Crippen MR) is 48.2 cm³/mol. The number of hydrogen-bond acceptors (Lipinski definition) is 4. The number of aliphatic hydroxyl groups is 1. The highest BCUT2D eigenvalue weighted by atomic mass is 19.3. The van der Waals surface area contributed by atoms with Crippen LogP contribution >= 0.6 is 0 Å². The largest absolute Gasteiger partial charge is 0.493 e. The second kappa shape index (κ2) is 4.88. The number of nitrogens with zero attached hydrogens (tertiary/aromatic N) is 1. The molecule has 0 amide bonds. The van der Waals surface area contributed by atoms with E-state index in [1.807, 2.05) is 0 Å². The van der Waals surface area contributed by atoms with E-state index in [0.717, 1.165) is 0 Å². The molecule has 1 N–H and O–H groups in total. The van der Waals surface area contributed by atoms with Gasteiger partial charge in [0.2, 0.25) is 0 Å². The predicted octanol–water partition coefficient (Wildman–Crippen LogP) is 1.53. The van der Waals surface area contributed by atoms with Crippen LogP contribution in [0.5, 0.6) is 11.5 Å². The van der Waals surface area contributed by atoms with Crippen molar-refractivity contribution >= 4 is 0 Å². The fourth-order valence-electron chi connectivity index (χ4n) is 1.17. The molecule has 4 nitrogen and oxygen atoms in total. The summed E-state index contributed by atoms with van der Waals surface area (Å²) < 4.78 is 34.8. The molecule has 0 fully saturated rings. The van der Waals surface area contributed by atoms with E-state index in [1.165, 1.54) is 20.3 Å². The number of rotatable bonds is 4. The summed E-state index contributed by atoms with van der Waals surface area (Å²) in [4.78, 5) is 3.57. The maximum absolute atomic E-state index is 12.6. The zero-order valence-corrected chi connectivity index (χ0v) is 8.33. The van der Waals surface area contributed by atoms with Crippen LogP contribution in [0, 0.1) is 0 Å². The molecule has 0 saturated heterocycles. The molecule has 0 saturated carbocycles. The number of hydrogen-bond donors (Lipinski definition) is 1. The van der Waals surface area contributed by atoms with Crippen LogP contribution in [0.4, 0.5) is 8.78 Å². The van der Waals surface area contributed by atoms with E-state index in [9.17, 15) is 8.78 Å². The molecule has 1 aromatic rings. The third-order valence-corrected chi connectivity index (χ3v) is 1.81. The molecule has 0 atom stereocenters. The third kappa shape index (κ3) is 2.33. The summed E-state index contributed by atoms with van der Waals surface area (Å²) in [5.41, 5.74) is -0.413. The van der Waals surface area contributed by atoms with Gasteiger partial charge in [-0.25, -0.2) is 13.8 Å². The molecule has 0 aliphatic rings. The maximum Gasteiger partial charge on any atom is 0.284 e. The topological polar surface area (TPSA) is 51.6 Å². The summed E-state index contributed by atoms with van der Waals surface area (Å²) in [5, 5.41) is 8.82. The molecule has 1 aromatic heterocycles. The van der Waals surface area contributed by atoms with E-state index in [-0.39, 0.29) is 17.2 Å². The quantitative estimate of drug-likeness (QED) is 0.834. The van der Waals surface area contributed by atoms with Crippen LogP contribution in [-0.2, 0) is 6.61 Å². The van der Waals surface area contributed by atoms with Gasteiger partial charge in [-0.15, -0.1) is 0 Å². The number of ether oxygens (including phenoxy) is 2. The average molecular weight is 219 g/mol. The number of aromatic nitrogens is 1. The third-order valence-electron chi connectivity index (χ3n) is 1.81. The molecule has 1 rings (SSSR count). The summed E-state index contributed by atoms with van der Waals surface area (Å²) >= 11 is 0. The Hall–Kier alpha value is -1.43. The van der Waals surface area contributed by atoms with Crippen LogP contribution in [0.25, 0.3) is 0 Å². The Morgan fingerprint density at radius 2 is 2.07 bits per heavy atom. The van der Waals surface area contributed by atoms with E-state index in [1.54, 1.807) is 0 Å². The summed E-state index contributed by atoms with van der Waals surface area (Å²) in [7, 11) is 2.58. The van der Waals surface area contributed by atoms with Crippen molar-refractivity contribution in [3.05, 3.63) is 17.5 Å². The molecule has 0 unspecified atom stereocenters. The van der Waals surface area contributed by atoms with E-state index in [0.29, 0.717) is 0 Å². The Kier molecular flexibility index (Phi) is 3.79. The fourth-order valence-corrected chi connectivity index (χ4v) is 1.17. The van der Waals surface area contributed by atoms with Gasteiger partial charge in [-0.1, -0.05) is 0 Å². The number of alkyl halides is 2. The molecule has 0 aromatic carbocycles. The first-order valence-electron chi connectivity index (χ1n) is 4.14. The van der Waals surface area contributed by atoms with Gasteiger partial charge < -0.3 is 14.6 Å². The summed E-state index contributed by atoms with van der Waals surface area (Å²) in [6.07, 6.45) is -2.78. The second-order valence-electron chi connectivity index (χ2n) is 2.69. The van der Waals surface area contributed by atoms with Crippen LogP contribution < -0.4 is 9.47 Å². The molecule has 84 valence electrons. The van der Waals surface area contributed by atoms with Gasteiger partial charge in [0.1, 0.15) is 0 Å². The van der Waals surface area contributed by atoms with E-state index in [2.05, 4.69) is 4.98 Å². The Bertz CT molecular complexity index is 344. The number of aliphatic hydroxyl groups excluding tert-OH is 1. The van der Waals surface area contributed by atoms with Crippen molar-refractivity contribution in [1.82, 2.24) is 4.98 Å². The van der Waals surface area contributed by atoms with Gasteiger partial charge in [0.25, 0.3) is 6.43 Å². The molecule has 1 heterocycles. The second-order valence-corrected chi connectivity index (χ2v) is 2.69. The lowest BCUT2D eigenvalue weighted by molar-refractivity contribution is 0.139. The first-order chi connectivity index (χ1) is 7.13. The van der Waals surface area contributed by atoms with Crippen molar-refractivity contribution in [1.29, 1.82) is 0 Å². The van der Waals surface area contributed by atoms with Gasteiger partial charge in [-0.05, 0) is 0 Å². The molecule has 15 heavy (non-hydrogen) atoms. The lowest BCUT2D eigenvalue weighted by Gasteiger charge is -2.12. The molecule has 0 radical (unpaired) electrons. The standard InChI is InChI=1S/C9H11F2NO3/c1-14-6-3-5(4-13)12-7(9(10)11)8(6)15-2/h3,9,13H,4H2,1-2H3. The SMILES string of the molecule is COc1cc(CO)nc(C(F)F)c1OC. The van der Waals surface area contributed by atoms with Crippen molar-refractivity contribution in [2.75, 3.05) is 14.2 Å². The van der Waals surface area contributed by atoms with Crippen molar-refractivity contribution < 1.29 is 23.4 Å². The maximum atomic E-state index is 12.6. The Balaban J connectivity index is 3.32. The first kappa shape index (κ1) is 11.6. The van der Waals surface area contributed by atoms with Crippen LogP contribution in [0.3, 0.4) is 0 Å². The lowest BCUT2D eigenvalue weighted by Crippen LogP contribution is -2.03. The summed E-state index contributed by atoms with van der Waals surface area (Å²) in [5.74, 6) is 0.0246. The van der Waals surface area contributed by atoms with Gasteiger partial charge in [0.15, 0.2) is 17.2 Å². The smallest absolute Gasteiger partial charge is 0.284 e. The van der Waals surface area contributed by atoms with Gasteiger partial charge >= 0.3 is 0 Å². The van der Waals surface area contributed by atoms with Crippen molar-refractivity contribution in [3.8, 4) is 11.5 Å². The summed E-state index contributed by atoms with van der Waals surface area (Å²) in [6, 6.07) is 1.35. The minimum atomic E-state index is -2.78. The van der Waals surface area contributed by atoms with E-state index >= 15 is 0 Å². The number of halogens is 2. The molecular weight excluding hydrogens is 208 g/mol. The van der Waals surface area contributed by atoms with Crippen molar-refractivity contribution in [2.45, 2.75) is 13.0 Å². The van der Waals surface area contributed by atoms with Crippen LogP contribution in [0.1, 0.15) is 17.8 Å². The van der Waals surface area contributed by atoms with Gasteiger partial charge in [-0.2, -0.15) is 0 Å². The molecule has 0 aliphatic heterocycles. The van der Waals surface area contributed by atoms with Gasteiger partial charge in [0.05, 0.1) is 26.5 Å². The Morgan fingerprint density at radius 1 is 1.40 bits per heavy atom. The monoisotopic (exact) mass is 219 g/mol. The highest BCUT2D eigenvalue weighted by Crippen LogP contribution is 2.35. The van der Waals surface area contributed by atoms with Crippen LogP contribution in [-0.4, -0.2) is 24.3 Å². The fraction of sp³-hybridized carbons (Fsp3) is 0.444.